The minimum atomic E-state index is -0.248. The van der Waals surface area contributed by atoms with E-state index in [9.17, 15) is 4.79 Å². The highest BCUT2D eigenvalue weighted by Gasteiger charge is 2.29. The van der Waals surface area contributed by atoms with Crippen molar-refractivity contribution >= 4 is 5.91 Å². The Morgan fingerprint density at radius 2 is 2.22 bits per heavy atom. The van der Waals surface area contributed by atoms with E-state index in [1.54, 1.807) is 13.0 Å². The topological polar surface area (TPSA) is 73.6 Å². The highest BCUT2D eigenvalue weighted by atomic mass is 16.5. The van der Waals surface area contributed by atoms with Gasteiger partial charge in [0.05, 0.1) is 19.3 Å². The molecule has 1 fully saturated rings. The lowest BCUT2D eigenvalue weighted by Gasteiger charge is -2.31. The van der Waals surface area contributed by atoms with Gasteiger partial charge in [-0.1, -0.05) is 35.5 Å². The maximum absolute atomic E-state index is 12.2. The first-order valence-corrected chi connectivity index (χ1v) is 7.70. The van der Waals surface area contributed by atoms with Crippen LogP contribution in [-0.4, -0.2) is 36.4 Å². The number of carbonyl (C=O) groups excluding carboxylic acids is 1. The Balaban J connectivity index is 1.58. The smallest absolute Gasteiger partial charge is 0.273 e. The summed E-state index contributed by atoms with van der Waals surface area (Å²) in [6.07, 6.45) is 0.531. The van der Waals surface area contributed by atoms with Gasteiger partial charge >= 0.3 is 0 Å². The normalized spacial score (nSPS) is 21.1. The monoisotopic (exact) mass is 316 g/mol. The Bertz CT molecular complexity index is 641. The van der Waals surface area contributed by atoms with Crippen LogP contribution in [-0.2, 0) is 16.1 Å². The molecule has 1 aliphatic rings. The minimum Gasteiger partial charge on any atom is -0.379 e. The van der Waals surface area contributed by atoms with E-state index in [4.69, 9.17) is 14.0 Å². The van der Waals surface area contributed by atoms with Crippen molar-refractivity contribution in [2.75, 3.05) is 13.2 Å². The van der Waals surface area contributed by atoms with E-state index in [-0.39, 0.29) is 23.7 Å². The van der Waals surface area contributed by atoms with Crippen LogP contribution >= 0.6 is 0 Å². The Morgan fingerprint density at radius 1 is 1.39 bits per heavy atom. The minimum absolute atomic E-state index is 0.100. The number of aryl methyl sites for hydroxylation is 1. The van der Waals surface area contributed by atoms with E-state index < -0.39 is 0 Å². The number of hydrogen-bond acceptors (Lipinski definition) is 5. The first-order chi connectivity index (χ1) is 11.2. The molecule has 1 aromatic carbocycles. The highest BCUT2D eigenvalue weighted by molar-refractivity contribution is 5.92. The van der Waals surface area contributed by atoms with Crippen LogP contribution < -0.4 is 5.32 Å². The van der Waals surface area contributed by atoms with E-state index in [2.05, 4.69) is 10.5 Å². The van der Waals surface area contributed by atoms with Gasteiger partial charge in [0.1, 0.15) is 11.9 Å². The number of benzene rings is 1. The number of nitrogens with zero attached hydrogens (tertiary/aromatic N) is 1. The molecule has 0 unspecified atom stereocenters. The summed E-state index contributed by atoms with van der Waals surface area (Å²) in [5.74, 6) is 0.362. The molecule has 1 aliphatic heterocycles. The second-order valence-corrected chi connectivity index (χ2v) is 5.60. The molecule has 2 heterocycles. The van der Waals surface area contributed by atoms with Gasteiger partial charge in [0.15, 0.2) is 5.69 Å². The summed E-state index contributed by atoms with van der Waals surface area (Å²) in [4.78, 5) is 12.2. The molecular formula is C17H20N2O4. The van der Waals surface area contributed by atoms with Crippen LogP contribution in [0.1, 0.15) is 28.2 Å². The van der Waals surface area contributed by atoms with Crippen LogP contribution in [0, 0.1) is 6.92 Å². The largest absolute Gasteiger partial charge is 0.379 e. The van der Waals surface area contributed by atoms with Gasteiger partial charge < -0.3 is 19.3 Å². The van der Waals surface area contributed by atoms with E-state index in [1.165, 1.54) is 0 Å². The lowest BCUT2D eigenvalue weighted by atomic mass is 10.1. The summed E-state index contributed by atoms with van der Waals surface area (Å²) in [7, 11) is 0. The summed E-state index contributed by atoms with van der Waals surface area (Å²) in [6, 6.07) is 11.5. The zero-order valence-electron chi connectivity index (χ0n) is 13.0. The Labute approximate surface area is 134 Å². The lowest BCUT2D eigenvalue weighted by molar-refractivity contribution is -0.0736. The molecule has 3 rings (SSSR count). The quantitative estimate of drug-likeness (QED) is 0.914. The molecule has 122 valence electrons. The third-order valence-corrected chi connectivity index (χ3v) is 3.79. The maximum Gasteiger partial charge on any atom is 0.273 e. The molecule has 1 aromatic heterocycles. The van der Waals surface area contributed by atoms with Gasteiger partial charge in [-0.2, -0.15) is 0 Å². The fraction of sp³-hybridized carbons (Fsp3) is 0.412. The van der Waals surface area contributed by atoms with Crippen LogP contribution in [0.25, 0.3) is 0 Å². The zero-order chi connectivity index (χ0) is 16.1. The second kappa shape index (κ2) is 7.39. The van der Waals surface area contributed by atoms with Gasteiger partial charge in [-0.15, -0.1) is 0 Å². The number of ether oxygens (including phenoxy) is 2. The van der Waals surface area contributed by atoms with Crippen molar-refractivity contribution in [2.24, 2.45) is 0 Å². The van der Waals surface area contributed by atoms with Gasteiger partial charge in [0.2, 0.25) is 0 Å². The average molecular weight is 316 g/mol. The van der Waals surface area contributed by atoms with Crippen molar-refractivity contribution in [3.8, 4) is 0 Å². The highest BCUT2D eigenvalue weighted by Crippen LogP contribution is 2.15. The van der Waals surface area contributed by atoms with Crippen LogP contribution in [0.15, 0.2) is 40.9 Å². The number of nitrogens with one attached hydrogen (secondary N) is 1. The Kier molecular flexibility index (Phi) is 5.05. The molecule has 1 N–H and O–H groups in total. The van der Waals surface area contributed by atoms with Crippen LogP contribution in [0.2, 0.25) is 0 Å². The molecule has 0 radical (unpaired) electrons. The van der Waals surface area contributed by atoms with Crippen LogP contribution in [0.5, 0.6) is 0 Å². The summed E-state index contributed by atoms with van der Waals surface area (Å²) in [6.45, 7) is 3.32. The molecule has 23 heavy (non-hydrogen) atoms. The summed E-state index contributed by atoms with van der Waals surface area (Å²) in [5.41, 5.74) is 1.38. The van der Waals surface area contributed by atoms with E-state index in [0.717, 1.165) is 5.56 Å². The van der Waals surface area contributed by atoms with Crippen molar-refractivity contribution in [1.82, 2.24) is 10.5 Å². The molecule has 0 bridgehead atoms. The second-order valence-electron chi connectivity index (χ2n) is 5.60. The molecule has 1 saturated heterocycles. The first-order valence-electron chi connectivity index (χ1n) is 7.70. The number of rotatable bonds is 5. The maximum atomic E-state index is 12.2. The van der Waals surface area contributed by atoms with E-state index >= 15 is 0 Å². The number of aromatic nitrogens is 1. The summed E-state index contributed by atoms with van der Waals surface area (Å²) >= 11 is 0. The third kappa shape index (κ3) is 4.18. The third-order valence-electron chi connectivity index (χ3n) is 3.79. The van der Waals surface area contributed by atoms with Gasteiger partial charge in [-0.05, 0) is 18.9 Å². The van der Waals surface area contributed by atoms with Gasteiger partial charge in [-0.25, -0.2) is 0 Å². The number of hydrogen-bond donors (Lipinski definition) is 1. The molecule has 2 atom stereocenters. The Morgan fingerprint density at radius 3 is 2.96 bits per heavy atom. The van der Waals surface area contributed by atoms with E-state index in [0.29, 0.717) is 32.0 Å². The Hall–Kier alpha value is -2.18. The fourth-order valence-electron chi connectivity index (χ4n) is 2.53. The van der Waals surface area contributed by atoms with Gasteiger partial charge in [0.25, 0.3) is 5.91 Å². The lowest BCUT2D eigenvalue weighted by Crippen LogP contribution is -2.50. The van der Waals surface area contributed by atoms with Crippen LogP contribution in [0.4, 0.5) is 0 Å². The number of carbonyl (C=O) groups is 1. The van der Waals surface area contributed by atoms with Crippen molar-refractivity contribution in [2.45, 2.75) is 32.1 Å². The predicted octanol–water partition coefficient (Wildman–Crippen LogP) is 2.09. The molecule has 0 saturated carbocycles. The predicted molar refractivity (Wildman–Crippen MR) is 82.9 cm³/mol. The first kappa shape index (κ1) is 15.7. The average Bonchev–Trinajstić information content (AvgIpc) is 3.02. The molecule has 6 heteroatoms. The summed E-state index contributed by atoms with van der Waals surface area (Å²) < 4.78 is 16.4. The fourth-order valence-corrected chi connectivity index (χ4v) is 2.53. The van der Waals surface area contributed by atoms with Crippen molar-refractivity contribution < 1.29 is 18.8 Å². The van der Waals surface area contributed by atoms with Gasteiger partial charge in [0, 0.05) is 12.7 Å². The number of amides is 1. The summed E-state index contributed by atoms with van der Waals surface area (Å²) in [5, 5.41) is 6.71. The molecule has 0 aliphatic carbocycles. The van der Waals surface area contributed by atoms with Gasteiger partial charge in [-0.3, -0.25) is 4.79 Å². The van der Waals surface area contributed by atoms with Crippen molar-refractivity contribution in [3.63, 3.8) is 0 Å². The van der Waals surface area contributed by atoms with Crippen molar-refractivity contribution in [1.29, 1.82) is 0 Å². The molecular weight excluding hydrogens is 296 g/mol. The molecule has 6 nitrogen and oxygen atoms in total. The van der Waals surface area contributed by atoms with E-state index in [1.807, 2.05) is 30.3 Å². The van der Waals surface area contributed by atoms with Crippen LogP contribution in [0.3, 0.4) is 0 Å². The zero-order valence-corrected chi connectivity index (χ0v) is 13.0. The standard InChI is InChI=1S/C17H20N2O4/c1-12-9-15(19-23-12)17(20)18-14-7-8-21-11-16(14)22-10-13-5-3-2-4-6-13/h2-6,9,14,16H,7-8,10-11H2,1H3,(H,18,20)/t14-,16-/m1/s1. The van der Waals surface area contributed by atoms with Crippen molar-refractivity contribution in [3.05, 3.63) is 53.4 Å². The molecule has 2 aromatic rings. The molecule has 0 spiro atoms. The SMILES string of the molecule is Cc1cc(C(=O)N[C@@H]2CCOC[C@H]2OCc2ccccc2)no1. The molecule has 1 amide bonds.